The summed E-state index contributed by atoms with van der Waals surface area (Å²) in [6, 6.07) is 4.63. The molecular weight excluding hydrogens is 306 g/mol. The van der Waals surface area contributed by atoms with Gasteiger partial charge < -0.3 is 4.74 Å². The van der Waals surface area contributed by atoms with Crippen LogP contribution in [0.4, 0.5) is 0 Å². The molecule has 144 valence electrons. The SMILES string of the molecule is CCC(C)(CCOC(C)(C)C)[n+]1ccc(C(C)C(C)(C)C(C)C)cc1. The second kappa shape index (κ2) is 8.20. The first-order chi connectivity index (χ1) is 11.3. The topological polar surface area (TPSA) is 13.1 Å². The highest BCUT2D eigenvalue weighted by atomic mass is 16.5. The molecule has 0 fully saturated rings. The molecule has 2 atom stereocenters. The van der Waals surface area contributed by atoms with Crippen LogP contribution < -0.4 is 4.57 Å². The average molecular weight is 349 g/mol. The summed E-state index contributed by atoms with van der Waals surface area (Å²) >= 11 is 0. The van der Waals surface area contributed by atoms with Crippen LogP contribution in [0.5, 0.6) is 0 Å². The van der Waals surface area contributed by atoms with Gasteiger partial charge in [0, 0.05) is 31.9 Å². The Morgan fingerprint density at radius 3 is 1.88 bits per heavy atom. The maximum absolute atomic E-state index is 5.97. The maximum Gasteiger partial charge on any atom is 0.169 e. The van der Waals surface area contributed by atoms with E-state index in [9.17, 15) is 0 Å². The zero-order valence-electron chi connectivity index (χ0n) is 18.4. The van der Waals surface area contributed by atoms with Crippen molar-refractivity contribution in [1.82, 2.24) is 0 Å². The van der Waals surface area contributed by atoms with Crippen LogP contribution in [-0.4, -0.2) is 12.2 Å². The first kappa shape index (κ1) is 22.2. The summed E-state index contributed by atoms with van der Waals surface area (Å²) in [6.07, 6.45) is 6.65. The number of nitrogens with zero attached hydrogens (tertiary/aromatic N) is 1. The molecule has 0 saturated heterocycles. The lowest BCUT2D eigenvalue weighted by atomic mass is 9.69. The molecule has 0 spiro atoms. The van der Waals surface area contributed by atoms with E-state index < -0.39 is 0 Å². The van der Waals surface area contributed by atoms with Crippen molar-refractivity contribution in [3.8, 4) is 0 Å². The van der Waals surface area contributed by atoms with Crippen LogP contribution in [-0.2, 0) is 10.3 Å². The zero-order chi connectivity index (χ0) is 19.5. The van der Waals surface area contributed by atoms with E-state index in [0.717, 1.165) is 19.4 Å². The monoisotopic (exact) mass is 348 g/mol. The molecule has 0 bridgehead atoms. The minimum Gasteiger partial charge on any atom is -0.376 e. The Morgan fingerprint density at radius 2 is 1.48 bits per heavy atom. The normalized spacial score (nSPS) is 16.8. The number of aromatic nitrogens is 1. The molecule has 2 heteroatoms. The van der Waals surface area contributed by atoms with E-state index in [1.54, 1.807) is 0 Å². The van der Waals surface area contributed by atoms with Gasteiger partial charge in [0.15, 0.2) is 17.9 Å². The average Bonchev–Trinajstić information content (AvgIpc) is 2.52. The Morgan fingerprint density at radius 1 is 0.960 bits per heavy atom. The number of ether oxygens (including phenoxy) is 1. The maximum atomic E-state index is 5.97. The van der Waals surface area contributed by atoms with Gasteiger partial charge in [-0.05, 0) is 43.6 Å². The minimum atomic E-state index is -0.0684. The first-order valence-electron chi connectivity index (χ1n) is 9.99. The van der Waals surface area contributed by atoms with Gasteiger partial charge in [0.05, 0.1) is 12.2 Å². The van der Waals surface area contributed by atoms with Gasteiger partial charge in [-0.25, -0.2) is 4.57 Å². The van der Waals surface area contributed by atoms with Crippen LogP contribution in [0.3, 0.4) is 0 Å². The van der Waals surface area contributed by atoms with Crippen molar-refractivity contribution in [2.24, 2.45) is 11.3 Å². The summed E-state index contributed by atoms with van der Waals surface area (Å²) in [6.45, 7) is 23.5. The van der Waals surface area contributed by atoms with E-state index in [1.165, 1.54) is 5.56 Å². The summed E-state index contributed by atoms with van der Waals surface area (Å²) in [7, 11) is 0. The van der Waals surface area contributed by atoms with Gasteiger partial charge in [-0.3, -0.25) is 0 Å². The quantitative estimate of drug-likeness (QED) is 0.518. The van der Waals surface area contributed by atoms with Crippen LogP contribution in [0, 0.1) is 11.3 Å². The van der Waals surface area contributed by atoms with Crippen molar-refractivity contribution in [1.29, 1.82) is 0 Å². The van der Waals surface area contributed by atoms with Gasteiger partial charge in [-0.1, -0.05) is 41.5 Å². The van der Waals surface area contributed by atoms with Crippen LogP contribution in [0.2, 0.25) is 0 Å². The molecule has 1 rings (SSSR count). The standard InChI is InChI=1S/C23H42NO/c1-11-23(10,14-17-25-21(5,6)7)24-15-12-20(13-16-24)19(4)22(8,9)18(2)3/h12-13,15-16,18-19H,11,14,17H2,1-10H3/q+1. The van der Waals surface area contributed by atoms with Gasteiger partial charge >= 0.3 is 0 Å². The lowest BCUT2D eigenvalue weighted by Gasteiger charge is -2.36. The third kappa shape index (κ3) is 5.81. The van der Waals surface area contributed by atoms with Crippen LogP contribution in [0.25, 0.3) is 0 Å². The van der Waals surface area contributed by atoms with Crippen LogP contribution >= 0.6 is 0 Å². The van der Waals surface area contributed by atoms with Crippen LogP contribution in [0.1, 0.15) is 93.6 Å². The molecule has 0 aliphatic carbocycles. The largest absolute Gasteiger partial charge is 0.376 e. The fourth-order valence-electron chi connectivity index (χ4n) is 3.08. The van der Waals surface area contributed by atoms with Gasteiger partial charge in [-0.2, -0.15) is 0 Å². The molecule has 0 aromatic carbocycles. The van der Waals surface area contributed by atoms with Gasteiger partial charge in [-0.15, -0.1) is 0 Å². The Labute approximate surface area is 157 Å². The van der Waals surface area contributed by atoms with Crippen molar-refractivity contribution in [2.75, 3.05) is 6.61 Å². The predicted octanol–water partition coefficient (Wildman–Crippen LogP) is 6.09. The Balaban J connectivity index is 2.92. The molecule has 1 aromatic heterocycles. The molecule has 0 aliphatic heterocycles. The molecule has 0 radical (unpaired) electrons. The summed E-state index contributed by atoms with van der Waals surface area (Å²) in [5.74, 6) is 1.20. The number of hydrogen-bond donors (Lipinski definition) is 0. The van der Waals surface area contributed by atoms with E-state index in [1.807, 2.05) is 0 Å². The summed E-state index contributed by atoms with van der Waals surface area (Å²) in [4.78, 5) is 0. The fraction of sp³-hybridized carbons (Fsp3) is 0.783. The number of pyridine rings is 1. The molecule has 1 heterocycles. The number of rotatable bonds is 8. The molecular formula is C23H42NO+. The predicted molar refractivity (Wildman–Crippen MR) is 108 cm³/mol. The second-order valence-electron chi connectivity index (χ2n) is 9.80. The molecule has 0 amide bonds. The lowest BCUT2D eigenvalue weighted by molar-refractivity contribution is -0.763. The molecule has 25 heavy (non-hydrogen) atoms. The van der Waals surface area contributed by atoms with Crippen molar-refractivity contribution in [2.45, 2.75) is 99.1 Å². The first-order valence-corrected chi connectivity index (χ1v) is 9.99. The van der Waals surface area contributed by atoms with E-state index in [4.69, 9.17) is 4.74 Å². The van der Waals surface area contributed by atoms with E-state index in [0.29, 0.717) is 17.3 Å². The van der Waals surface area contributed by atoms with Crippen LogP contribution in [0.15, 0.2) is 24.5 Å². The molecule has 2 unspecified atom stereocenters. The van der Waals surface area contributed by atoms with Crippen molar-refractivity contribution >= 4 is 0 Å². The Hall–Kier alpha value is -0.890. The lowest BCUT2D eigenvalue weighted by Crippen LogP contribution is -2.54. The Kier molecular flexibility index (Phi) is 7.27. The van der Waals surface area contributed by atoms with Crippen molar-refractivity contribution in [3.05, 3.63) is 30.1 Å². The van der Waals surface area contributed by atoms with E-state index >= 15 is 0 Å². The summed E-state index contributed by atoms with van der Waals surface area (Å²) in [5, 5.41) is 0. The molecule has 2 nitrogen and oxygen atoms in total. The van der Waals surface area contributed by atoms with Gasteiger partial charge in [0.1, 0.15) is 0 Å². The highest BCUT2D eigenvalue weighted by Crippen LogP contribution is 2.40. The van der Waals surface area contributed by atoms with E-state index in [-0.39, 0.29) is 11.1 Å². The fourth-order valence-corrected chi connectivity index (χ4v) is 3.08. The molecule has 1 aromatic rings. The second-order valence-corrected chi connectivity index (χ2v) is 9.80. The Bertz CT molecular complexity index is 524. The van der Waals surface area contributed by atoms with Crippen molar-refractivity contribution in [3.63, 3.8) is 0 Å². The van der Waals surface area contributed by atoms with Gasteiger partial charge in [0.2, 0.25) is 0 Å². The highest BCUT2D eigenvalue weighted by molar-refractivity contribution is 5.16. The van der Waals surface area contributed by atoms with E-state index in [2.05, 4.69) is 98.3 Å². The van der Waals surface area contributed by atoms with Crippen molar-refractivity contribution < 1.29 is 9.30 Å². The third-order valence-electron chi connectivity index (χ3n) is 6.52. The number of hydrogen-bond acceptors (Lipinski definition) is 1. The molecule has 0 saturated carbocycles. The highest BCUT2D eigenvalue weighted by Gasteiger charge is 2.34. The minimum absolute atomic E-state index is 0.0684. The van der Waals surface area contributed by atoms with Gasteiger partial charge in [0.25, 0.3) is 0 Å². The third-order valence-corrected chi connectivity index (χ3v) is 6.52. The zero-order valence-corrected chi connectivity index (χ0v) is 18.4. The smallest absolute Gasteiger partial charge is 0.169 e. The summed E-state index contributed by atoms with van der Waals surface area (Å²) in [5.41, 5.74) is 1.75. The summed E-state index contributed by atoms with van der Waals surface area (Å²) < 4.78 is 8.34. The molecule has 0 N–H and O–H groups in total. The molecule has 0 aliphatic rings.